The van der Waals surface area contributed by atoms with Crippen LogP contribution in [0.4, 0.5) is 0 Å². The fourth-order valence-corrected chi connectivity index (χ4v) is 6.93. The molecule has 0 heterocycles. The molecule has 0 atom stereocenters. The molecule has 0 fully saturated rings. The van der Waals surface area contributed by atoms with Crippen molar-refractivity contribution >= 4 is 0 Å². The third-order valence-electron chi connectivity index (χ3n) is 10.9. The number of ether oxygens (including phenoxy) is 1. The van der Waals surface area contributed by atoms with Gasteiger partial charge < -0.3 is 4.74 Å². The second-order valence-corrected chi connectivity index (χ2v) is 16.5. The van der Waals surface area contributed by atoms with Crippen LogP contribution in [-0.2, 0) is 0 Å². The summed E-state index contributed by atoms with van der Waals surface area (Å²) in [5, 5.41) is 0. The van der Waals surface area contributed by atoms with Crippen LogP contribution >= 0.6 is 0 Å². The minimum atomic E-state index is 0.512. The lowest BCUT2D eigenvalue weighted by atomic mass is 9.89. The van der Waals surface area contributed by atoms with Crippen molar-refractivity contribution in [3.63, 3.8) is 0 Å². The summed E-state index contributed by atoms with van der Waals surface area (Å²) in [5.41, 5.74) is 13.7. The van der Waals surface area contributed by atoms with E-state index in [4.69, 9.17) is 4.74 Å². The summed E-state index contributed by atoms with van der Waals surface area (Å²) in [4.78, 5) is 0. The maximum Gasteiger partial charge on any atom is 0.153 e. The van der Waals surface area contributed by atoms with Gasteiger partial charge in [-0.3, -0.25) is 0 Å². The van der Waals surface area contributed by atoms with E-state index in [-0.39, 0.29) is 0 Å². The van der Waals surface area contributed by atoms with Crippen LogP contribution < -0.4 is 4.74 Å². The summed E-state index contributed by atoms with van der Waals surface area (Å²) < 4.78 is 7.00. The molecule has 0 unspecified atom stereocenters. The Morgan fingerprint density at radius 2 is 0.524 bits per heavy atom. The van der Waals surface area contributed by atoms with Crippen molar-refractivity contribution in [2.75, 3.05) is 6.61 Å². The highest BCUT2D eigenvalue weighted by Gasteiger charge is 2.22. The van der Waals surface area contributed by atoms with E-state index in [1.54, 1.807) is 0 Å². The molecule has 0 aliphatic rings. The summed E-state index contributed by atoms with van der Waals surface area (Å²) in [5.74, 6) is 35.9. The third kappa shape index (κ3) is 14.2. The van der Waals surface area contributed by atoms with Crippen molar-refractivity contribution in [3.8, 4) is 65.0 Å². The van der Waals surface area contributed by atoms with Crippen molar-refractivity contribution in [3.05, 3.63) is 205 Å². The summed E-state index contributed by atoms with van der Waals surface area (Å²) in [6.45, 7) is 13.2. The predicted molar refractivity (Wildman–Crippen MR) is 265 cm³/mol. The molecule has 0 aromatic heterocycles. The maximum absolute atomic E-state index is 7.00. The lowest BCUT2D eigenvalue weighted by Crippen LogP contribution is -2.08. The minimum absolute atomic E-state index is 0.512. The van der Waals surface area contributed by atoms with Crippen molar-refractivity contribution in [1.29, 1.82) is 0 Å². The molecule has 6 rings (SSSR count). The van der Waals surface area contributed by atoms with Gasteiger partial charge in [-0.15, -0.1) is 0 Å². The van der Waals surface area contributed by atoms with Crippen LogP contribution in [-0.4, -0.2) is 6.61 Å². The molecule has 0 saturated carbocycles. The first-order valence-corrected chi connectivity index (χ1v) is 22.6. The van der Waals surface area contributed by atoms with Gasteiger partial charge in [-0.05, 0) is 102 Å². The average molecular weight is 819 g/mol. The molecule has 1 nitrogen and oxygen atoms in total. The minimum Gasteiger partial charge on any atom is -0.491 e. The SMILES string of the molecule is CCCCCCCCCCCOc1c(C#Cc2ccc(C)cc2)c(C#Cc2ccc(C)cc2)c(C#Cc2ccc(C)cc2)c(C#Cc2ccc(C)cc2)c1C#Cc1ccc(C)cc1. The highest BCUT2D eigenvalue weighted by atomic mass is 16.5. The smallest absolute Gasteiger partial charge is 0.153 e. The van der Waals surface area contributed by atoms with E-state index in [0.717, 1.165) is 40.7 Å². The second kappa shape index (κ2) is 23.8. The van der Waals surface area contributed by atoms with E-state index < -0.39 is 0 Å². The van der Waals surface area contributed by atoms with Gasteiger partial charge in [0.1, 0.15) is 0 Å². The van der Waals surface area contributed by atoms with Gasteiger partial charge in [-0.2, -0.15) is 0 Å². The number of hydrogen-bond donors (Lipinski definition) is 0. The largest absolute Gasteiger partial charge is 0.491 e. The molecule has 312 valence electrons. The average Bonchev–Trinajstić information content (AvgIpc) is 3.29. The van der Waals surface area contributed by atoms with Crippen molar-refractivity contribution in [2.24, 2.45) is 0 Å². The molecule has 6 aromatic rings. The van der Waals surface area contributed by atoms with Gasteiger partial charge in [0.05, 0.1) is 34.4 Å². The van der Waals surface area contributed by atoms with Gasteiger partial charge in [0.25, 0.3) is 0 Å². The van der Waals surface area contributed by atoms with Crippen LogP contribution in [0.3, 0.4) is 0 Å². The van der Waals surface area contributed by atoms with E-state index in [2.05, 4.69) is 222 Å². The lowest BCUT2D eigenvalue weighted by molar-refractivity contribution is 0.302. The van der Waals surface area contributed by atoms with Crippen LogP contribution in [0.25, 0.3) is 0 Å². The van der Waals surface area contributed by atoms with E-state index in [0.29, 0.717) is 40.2 Å². The van der Waals surface area contributed by atoms with Gasteiger partial charge in [0.15, 0.2) is 5.75 Å². The number of rotatable bonds is 11. The highest BCUT2D eigenvalue weighted by Crippen LogP contribution is 2.34. The van der Waals surface area contributed by atoms with Crippen molar-refractivity contribution in [2.45, 2.75) is 99.3 Å². The number of unbranched alkanes of at least 4 members (excludes halogenated alkanes) is 8. The van der Waals surface area contributed by atoms with Gasteiger partial charge in [0.2, 0.25) is 0 Å². The normalized spacial score (nSPS) is 10.1. The first-order chi connectivity index (χ1) is 30.7. The van der Waals surface area contributed by atoms with E-state index in [1.807, 2.05) is 0 Å². The molecule has 6 aromatic carbocycles. The van der Waals surface area contributed by atoms with Gasteiger partial charge in [0, 0.05) is 27.8 Å². The quantitative estimate of drug-likeness (QED) is 0.0935. The Kier molecular flexibility index (Phi) is 17.2. The Bertz CT molecular complexity index is 2620. The molecule has 0 saturated heterocycles. The number of hydrogen-bond acceptors (Lipinski definition) is 1. The van der Waals surface area contributed by atoms with Crippen LogP contribution in [0.15, 0.2) is 121 Å². The van der Waals surface area contributed by atoms with Crippen LogP contribution in [0.2, 0.25) is 0 Å². The van der Waals surface area contributed by atoms with Crippen LogP contribution in [0.1, 0.15) is 148 Å². The van der Waals surface area contributed by atoms with Crippen LogP contribution in [0.5, 0.6) is 5.75 Å². The van der Waals surface area contributed by atoms with Crippen molar-refractivity contribution in [1.82, 2.24) is 0 Å². The molecule has 0 bridgehead atoms. The Hall–Kier alpha value is -7.08. The summed E-state index contributed by atoms with van der Waals surface area (Å²) in [6.07, 6.45) is 10.9. The monoisotopic (exact) mass is 818 g/mol. The van der Waals surface area contributed by atoms with Gasteiger partial charge >= 0.3 is 0 Å². The second-order valence-electron chi connectivity index (χ2n) is 16.5. The lowest BCUT2D eigenvalue weighted by Gasteiger charge is -2.17. The third-order valence-corrected chi connectivity index (χ3v) is 10.9. The van der Waals surface area contributed by atoms with Crippen molar-refractivity contribution < 1.29 is 4.74 Å². The molecular formula is C62H58O. The summed E-state index contributed by atoms with van der Waals surface area (Å²) in [7, 11) is 0. The van der Waals surface area contributed by atoms with Crippen LogP contribution in [0, 0.1) is 93.8 Å². The predicted octanol–water partition coefficient (Wildman–Crippen LogP) is 14.1. The van der Waals surface area contributed by atoms with Gasteiger partial charge in [-0.1, -0.05) is 206 Å². The maximum atomic E-state index is 7.00. The molecule has 0 radical (unpaired) electrons. The number of aryl methyl sites for hydroxylation is 5. The Balaban J connectivity index is 1.63. The summed E-state index contributed by atoms with van der Waals surface area (Å²) >= 11 is 0. The zero-order valence-corrected chi connectivity index (χ0v) is 38.0. The number of benzene rings is 6. The van der Waals surface area contributed by atoms with E-state index >= 15 is 0 Å². The Morgan fingerprint density at radius 3 is 0.810 bits per heavy atom. The zero-order chi connectivity index (χ0) is 44.2. The summed E-state index contributed by atoms with van der Waals surface area (Å²) in [6, 6.07) is 41.4. The zero-order valence-electron chi connectivity index (χ0n) is 38.0. The Morgan fingerprint density at radius 1 is 0.286 bits per heavy atom. The molecule has 0 aliphatic carbocycles. The molecule has 0 spiro atoms. The topological polar surface area (TPSA) is 9.23 Å². The van der Waals surface area contributed by atoms with Gasteiger partial charge in [-0.25, -0.2) is 0 Å². The highest BCUT2D eigenvalue weighted by molar-refractivity contribution is 5.78. The first-order valence-electron chi connectivity index (χ1n) is 22.6. The van der Waals surface area contributed by atoms with E-state index in [1.165, 1.54) is 72.8 Å². The molecule has 63 heavy (non-hydrogen) atoms. The molecule has 1 heteroatoms. The molecule has 0 N–H and O–H groups in total. The molecule has 0 amide bonds. The fraction of sp³-hybridized carbons (Fsp3) is 0.258. The first kappa shape index (κ1) is 45.4. The Labute approximate surface area is 378 Å². The fourth-order valence-electron chi connectivity index (χ4n) is 6.93. The molecular weight excluding hydrogens is 761 g/mol. The molecule has 0 aliphatic heterocycles. The standard InChI is InChI=1S/C62H58O/c1-7-8-9-10-11-12-13-14-15-46-63-62-60(44-39-55-32-22-50(5)23-33-55)58(42-37-53-28-18-48(3)19-29-53)57(41-36-52-26-16-47(2)17-27-52)59(43-38-54-30-20-49(4)21-31-54)61(62)45-40-56-34-24-51(6)25-35-56/h16-35H,7-15,46H2,1-6H3. The van der Waals surface area contributed by atoms with E-state index in [9.17, 15) is 0 Å².